The fourth-order valence-corrected chi connectivity index (χ4v) is 4.73. The first-order valence-electron chi connectivity index (χ1n) is 10.0. The van der Waals surface area contributed by atoms with Gasteiger partial charge in [-0.2, -0.15) is 0 Å². The molecule has 2 aliphatic rings. The molecular weight excluding hydrogens is 336 g/mol. The standard InChI is InChI=1S/C22H30N4O/c1-21(2)15-22(10-13-27-21,17-6-4-3-5-7-17)9-12-24-20-18-8-11-23-14-19(18)25-16-26-20/h3-7,16,23H,8-15H2,1-2H3,(H,24,25,26)/t22-/m0/s1. The van der Waals surface area contributed by atoms with E-state index < -0.39 is 0 Å². The van der Waals surface area contributed by atoms with Gasteiger partial charge in [0.2, 0.25) is 0 Å². The van der Waals surface area contributed by atoms with Crippen LogP contribution in [0.3, 0.4) is 0 Å². The number of hydrogen-bond acceptors (Lipinski definition) is 5. The van der Waals surface area contributed by atoms with Crippen LogP contribution in [0.15, 0.2) is 36.7 Å². The van der Waals surface area contributed by atoms with Crippen molar-refractivity contribution < 1.29 is 4.74 Å². The average molecular weight is 367 g/mol. The van der Waals surface area contributed by atoms with E-state index in [1.54, 1.807) is 6.33 Å². The van der Waals surface area contributed by atoms with Gasteiger partial charge in [0.05, 0.1) is 11.3 Å². The molecule has 0 radical (unpaired) electrons. The van der Waals surface area contributed by atoms with Crippen molar-refractivity contribution in [2.75, 3.05) is 25.0 Å². The molecule has 0 amide bonds. The molecule has 1 aromatic carbocycles. The fraction of sp³-hybridized carbons (Fsp3) is 0.545. The zero-order valence-electron chi connectivity index (χ0n) is 16.4. The summed E-state index contributed by atoms with van der Waals surface area (Å²) in [6.45, 7) is 7.98. The minimum absolute atomic E-state index is 0.0894. The van der Waals surface area contributed by atoms with Crippen LogP contribution in [0.5, 0.6) is 0 Å². The van der Waals surface area contributed by atoms with E-state index in [9.17, 15) is 0 Å². The number of benzene rings is 1. The average Bonchev–Trinajstić information content (AvgIpc) is 2.68. The van der Waals surface area contributed by atoms with E-state index in [4.69, 9.17) is 4.74 Å². The first-order chi connectivity index (χ1) is 13.1. The van der Waals surface area contributed by atoms with Crippen molar-refractivity contribution in [3.05, 3.63) is 53.5 Å². The third-order valence-corrected chi connectivity index (χ3v) is 6.00. The zero-order chi connectivity index (χ0) is 18.7. The monoisotopic (exact) mass is 366 g/mol. The van der Waals surface area contributed by atoms with Gasteiger partial charge in [0, 0.05) is 30.7 Å². The smallest absolute Gasteiger partial charge is 0.132 e. The van der Waals surface area contributed by atoms with Crippen LogP contribution in [-0.4, -0.2) is 35.3 Å². The van der Waals surface area contributed by atoms with Crippen LogP contribution < -0.4 is 10.6 Å². The van der Waals surface area contributed by atoms with Crippen molar-refractivity contribution in [2.24, 2.45) is 0 Å². The SMILES string of the molecule is CC1(C)C[C@@](CCNc2ncnc3c2CCNC3)(c2ccccc2)CCO1. The number of fused-ring (bicyclic) bond motifs is 1. The Morgan fingerprint density at radius 1 is 1.19 bits per heavy atom. The van der Waals surface area contributed by atoms with Gasteiger partial charge < -0.3 is 15.4 Å². The minimum atomic E-state index is -0.0894. The topological polar surface area (TPSA) is 59.1 Å². The summed E-state index contributed by atoms with van der Waals surface area (Å²) in [4.78, 5) is 8.95. The van der Waals surface area contributed by atoms with Gasteiger partial charge in [0.15, 0.2) is 0 Å². The molecule has 27 heavy (non-hydrogen) atoms. The minimum Gasteiger partial charge on any atom is -0.376 e. The van der Waals surface area contributed by atoms with E-state index in [0.29, 0.717) is 0 Å². The van der Waals surface area contributed by atoms with Crippen molar-refractivity contribution in [1.82, 2.24) is 15.3 Å². The summed E-state index contributed by atoms with van der Waals surface area (Å²) in [6.07, 6.45) is 5.84. The molecule has 1 aromatic heterocycles. The summed E-state index contributed by atoms with van der Waals surface area (Å²) in [5, 5.41) is 7.00. The lowest BCUT2D eigenvalue weighted by molar-refractivity contribution is -0.0835. The van der Waals surface area contributed by atoms with Gasteiger partial charge in [-0.1, -0.05) is 30.3 Å². The Bertz CT molecular complexity index is 777. The van der Waals surface area contributed by atoms with Crippen molar-refractivity contribution >= 4 is 5.82 Å². The predicted molar refractivity (Wildman–Crippen MR) is 108 cm³/mol. The molecule has 1 atom stereocenters. The van der Waals surface area contributed by atoms with Crippen LogP contribution in [0.25, 0.3) is 0 Å². The Labute approximate surface area is 162 Å². The number of hydrogen-bond donors (Lipinski definition) is 2. The highest BCUT2D eigenvalue weighted by atomic mass is 16.5. The molecule has 0 saturated carbocycles. The highest BCUT2D eigenvalue weighted by molar-refractivity contribution is 5.47. The number of nitrogens with zero attached hydrogens (tertiary/aromatic N) is 2. The molecule has 0 bridgehead atoms. The van der Waals surface area contributed by atoms with Crippen LogP contribution in [0.2, 0.25) is 0 Å². The first-order valence-corrected chi connectivity index (χ1v) is 10.0. The quantitative estimate of drug-likeness (QED) is 0.849. The molecule has 2 aromatic rings. The molecule has 0 aliphatic carbocycles. The van der Waals surface area contributed by atoms with Crippen molar-refractivity contribution in [2.45, 2.75) is 57.1 Å². The Morgan fingerprint density at radius 2 is 2.04 bits per heavy atom. The number of rotatable bonds is 5. The van der Waals surface area contributed by atoms with Crippen molar-refractivity contribution in [3.8, 4) is 0 Å². The Balaban J connectivity index is 1.52. The van der Waals surface area contributed by atoms with E-state index in [2.05, 4.69) is 64.8 Å². The van der Waals surface area contributed by atoms with Crippen molar-refractivity contribution in [3.63, 3.8) is 0 Å². The lowest BCUT2D eigenvalue weighted by Gasteiger charge is -2.45. The summed E-state index contributed by atoms with van der Waals surface area (Å²) < 4.78 is 6.03. The molecule has 2 N–H and O–H groups in total. The molecule has 5 heteroatoms. The maximum atomic E-state index is 6.03. The first kappa shape index (κ1) is 18.4. The van der Waals surface area contributed by atoms with E-state index in [0.717, 1.165) is 63.4 Å². The van der Waals surface area contributed by atoms with E-state index in [1.165, 1.54) is 11.1 Å². The fourth-order valence-electron chi connectivity index (χ4n) is 4.73. The highest BCUT2D eigenvalue weighted by Gasteiger charge is 2.41. The maximum absolute atomic E-state index is 6.03. The zero-order valence-corrected chi connectivity index (χ0v) is 16.4. The number of anilines is 1. The van der Waals surface area contributed by atoms with Crippen molar-refractivity contribution in [1.29, 1.82) is 0 Å². The number of nitrogens with one attached hydrogen (secondary N) is 2. The van der Waals surface area contributed by atoms with Gasteiger partial charge >= 0.3 is 0 Å². The van der Waals surface area contributed by atoms with Crippen LogP contribution in [0.4, 0.5) is 5.82 Å². The third-order valence-electron chi connectivity index (χ3n) is 6.00. The lowest BCUT2D eigenvalue weighted by atomic mass is 9.67. The third kappa shape index (κ3) is 3.99. The van der Waals surface area contributed by atoms with E-state index in [-0.39, 0.29) is 11.0 Å². The van der Waals surface area contributed by atoms with Crippen LogP contribution in [-0.2, 0) is 23.1 Å². The van der Waals surface area contributed by atoms with Crippen LogP contribution in [0, 0.1) is 0 Å². The second-order valence-electron chi connectivity index (χ2n) is 8.43. The predicted octanol–water partition coefficient (Wildman–Crippen LogP) is 3.45. The normalized spacial score (nSPS) is 24.2. The van der Waals surface area contributed by atoms with E-state index >= 15 is 0 Å². The van der Waals surface area contributed by atoms with Gasteiger partial charge in [-0.05, 0) is 51.6 Å². The van der Waals surface area contributed by atoms with Gasteiger partial charge in [-0.15, -0.1) is 0 Å². The summed E-state index contributed by atoms with van der Waals surface area (Å²) in [6, 6.07) is 11.0. The summed E-state index contributed by atoms with van der Waals surface area (Å²) in [5.74, 6) is 1.01. The molecular formula is C22H30N4O. The van der Waals surface area contributed by atoms with Crippen LogP contribution >= 0.6 is 0 Å². The highest BCUT2D eigenvalue weighted by Crippen LogP contribution is 2.44. The Kier molecular flexibility index (Phi) is 5.15. The Hall–Kier alpha value is -1.98. The summed E-state index contributed by atoms with van der Waals surface area (Å²) in [5.41, 5.74) is 3.89. The van der Waals surface area contributed by atoms with Gasteiger partial charge in [0.1, 0.15) is 12.1 Å². The molecule has 0 spiro atoms. The molecule has 144 valence electrons. The lowest BCUT2D eigenvalue weighted by Crippen LogP contribution is -2.45. The number of ether oxygens (including phenoxy) is 1. The molecule has 1 fully saturated rings. The molecule has 4 rings (SSSR count). The number of aromatic nitrogens is 2. The second-order valence-corrected chi connectivity index (χ2v) is 8.43. The van der Waals surface area contributed by atoms with E-state index in [1.807, 2.05) is 0 Å². The second kappa shape index (κ2) is 7.56. The maximum Gasteiger partial charge on any atom is 0.132 e. The molecule has 5 nitrogen and oxygen atoms in total. The van der Waals surface area contributed by atoms with Gasteiger partial charge in [0.25, 0.3) is 0 Å². The van der Waals surface area contributed by atoms with Crippen LogP contribution in [0.1, 0.15) is 49.9 Å². The Morgan fingerprint density at radius 3 is 2.85 bits per heavy atom. The van der Waals surface area contributed by atoms with Gasteiger partial charge in [-0.3, -0.25) is 0 Å². The molecule has 0 unspecified atom stereocenters. The summed E-state index contributed by atoms with van der Waals surface area (Å²) >= 11 is 0. The summed E-state index contributed by atoms with van der Waals surface area (Å²) in [7, 11) is 0. The molecule has 3 heterocycles. The molecule has 2 aliphatic heterocycles. The van der Waals surface area contributed by atoms with Gasteiger partial charge in [-0.25, -0.2) is 9.97 Å². The largest absolute Gasteiger partial charge is 0.376 e. The molecule has 1 saturated heterocycles.